The van der Waals surface area contributed by atoms with Crippen LogP contribution in [0.25, 0.3) is 0 Å². The van der Waals surface area contributed by atoms with Crippen molar-refractivity contribution in [2.75, 3.05) is 5.32 Å². The molecule has 0 saturated heterocycles. The maximum absolute atomic E-state index is 8.16. The molecule has 2 N–H and O–H groups in total. The van der Waals surface area contributed by atoms with Gasteiger partial charge in [-0.3, -0.25) is 5.41 Å². The third-order valence-electron chi connectivity index (χ3n) is 3.49. The van der Waals surface area contributed by atoms with E-state index in [1.54, 1.807) is 22.2 Å². The largest absolute Gasteiger partial charge is 0.325 e. The lowest BCUT2D eigenvalue weighted by Gasteiger charge is -2.11. The van der Waals surface area contributed by atoms with Crippen molar-refractivity contribution < 1.29 is 0 Å². The Morgan fingerprint density at radius 3 is 2.42 bits per heavy atom. The molecular formula is C18H15Cl3N4S. The van der Waals surface area contributed by atoms with E-state index < -0.39 is 0 Å². The molecule has 134 valence electrons. The van der Waals surface area contributed by atoms with Crippen molar-refractivity contribution in [1.82, 2.24) is 3.96 Å². The summed E-state index contributed by atoms with van der Waals surface area (Å²) < 4.78 is 1.73. The lowest BCUT2D eigenvalue weighted by Crippen LogP contribution is -2.28. The van der Waals surface area contributed by atoms with Gasteiger partial charge in [-0.15, -0.1) is 0 Å². The zero-order valence-electron chi connectivity index (χ0n) is 13.8. The van der Waals surface area contributed by atoms with Crippen LogP contribution >= 0.6 is 46.3 Å². The Morgan fingerprint density at radius 1 is 1.08 bits per heavy atom. The zero-order chi connectivity index (χ0) is 18.7. The van der Waals surface area contributed by atoms with Gasteiger partial charge in [-0.25, -0.2) is 8.95 Å². The van der Waals surface area contributed by atoms with E-state index in [2.05, 4.69) is 10.3 Å². The molecule has 0 amide bonds. The first-order valence-corrected chi connectivity index (χ1v) is 9.59. The third kappa shape index (κ3) is 4.68. The van der Waals surface area contributed by atoms with Gasteiger partial charge >= 0.3 is 0 Å². The molecule has 0 bridgehead atoms. The molecule has 0 aliphatic heterocycles. The minimum absolute atomic E-state index is 0.356. The molecule has 0 spiro atoms. The number of anilines is 1. The number of aromatic nitrogens is 1. The standard InChI is InChI=1S/C18H15Cl3N4S/c1-11-8-17(22)25(26-11)18(23-10-12-2-4-13(19)5-3-12)24-14-6-7-15(20)16(21)9-14/h2-9,22H,10H2,1H3,(H,23,24). The molecule has 0 fully saturated rings. The Hall–Kier alpha value is -1.79. The molecule has 26 heavy (non-hydrogen) atoms. The summed E-state index contributed by atoms with van der Waals surface area (Å²) in [5.41, 5.74) is 2.12. The fraction of sp³-hybridized carbons (Fsp3) is 0.111. The molecule has 0 radical (unpaired) electrons. The molecule has 0 aliphatic carbocycles. The number of nitrogens with one attached hydrogen (secondary N) is 2. The van der Waals surface area contributed by atoms with Gasteiger partial charge in [0.1, 0.15) is 5.49 Å². The van der Waals surface area contributed by atoms with Crippen LogP contribution in [0.2, 0.25) is 15.1 Å². The highest BCUT2D eigenvalue weighted by atomic mass is 35.5. The molecule has 0 unspecified atom stereocenters. The fourth-order valence-corrected chi connectivity index (χ4v) is 3.46. The highest BCUT2D eigenvalue weighted by molar-refractivity contribution is 7.07. The minimum Gasteiger partial charge on any atom is -0.325 e. The van der Waals surface area contributed by atoms with E-state index in [0.717, 1.165) is 16.1 Å². The molecule has 0 aliphatic rings. The van der Waals surface area contributed by atoms with Gasteiger partial charge in [0, 0.05) is 15.6 Å². The van der Waals surface area contributed by atoms with Gasteiger partial charge in [0.25, 0.3) is 0 Å². The first-order chi connectivity index (χ1) is 12.4. The van der Waals surface area contributed by atoms with Crippen LogP contribution < -0.4 is 10.8 Å². The van der Waals surface area contributed by atoms with Crippen LogP contribution in [0.4, 0.5) is 5.69 Å². The SMILES string of the molecule is Cc1cc(=N)n(C(=NCc2ccc(Cl)cc2)Nc2ccc(Cl)c(Cl)c2)s1. The van der Waals surface area contributed by atoms with Crippen molar-refractivity contribution >= 4 is 58.0 Å². The van der Waals surface area contributed by atoms with Gasteiger partial charge in [-0.2, -0.15) is 0 Å². The quantitative estimate of drug-likeness (QED) is 0.403. The summed E-state index contributed by atoms with van der Waals surface area (Å²) in [4.78, 5) is 5.67. The van der Waals surface area contributed by atoms with Gasteiger partial charge in [0.15, 0.2) is 0 Å². The van der Waals surface area contributed by atoms with Crippen molar-refractivity contribution in [3.63, 3.8) is 0 Å². The van der Waals surface area contributed by atoms with Crippen LogP contribution in [0, 0.1) is 12.3 Å². The van der Waals surface area contributed by atoms with Crippen molar-refractivity contribution in [2.45, 2.75) is 13.5 Å². The second kappa shape index (κ2) is 8.27. The molecular weight excluding hydrogens is 411 g/mol. The number of aryl methyl sites for hydroxylation is 1. The molecule has 3 aromatic rings. The monoisotopic (exact) mass is 424 g/mol. The number of hydrogen-bond acceptors (Lipinski definition) is 3. The number of nitrogens with zero attached hydrogens (tertiary/aromatic N) is 2. The predicted octanol–water partition coefficient (Wildman–Crippen LogP) is 5.81. The first kappa shape index (κ1) is 19.0. The van der Waals surface area contributed by atoms with E-state index in [1.165, 1.54) is 11.5 Å². The molecule has 3 rings (SSSR count). The predicted molar refractivity (Wildman–Crippen MR) is 111 cm³/mol. The molecule has 0 saturated carbocycles. The van der Waals surface area contributed by atoms with E-state index in [4.69, 9.17) is 40.2 Å². The molecule has 4 nitrogen and oxygen atoms in total. The molecule has 1 heterocycles. The highest BCUT2D eigenvalue weighted by Crippen LogP contribution is 2.25. The van der Waals surface area contributed by atoms with Crippen molar-refractivity contribution in [2.24, 2.45) is 4.99 Å². The summed E-state index contributed by atoms with van der Waals surface area (Å²) >= 11 is 19.5. The zero-order valence-corrected chi connectivity index (χ0v) is 16.8. The fourth-order valence-electron chi connectivity index (χ4n) is 2.24. The summed E-state index contributed by atoms with van der Waals surface area (Å²) in [6.07, 6.45) is 0. The number of halogens is 3. The summed E-state index contributed by atoms with van der Waals surface area (Å²) in [6.45, 7) is 2.40. The summed E-state index contributed by atoms with van der Waals surface area (Å²) in [6, 6.07) is 14.6. The smallest absolute Gasteiger partial charge is 0.218 e. The van der Waals surface area contributed by atoms with Crippen LogP contribution in [0.5, 0.6) is 0 Å². The van der Waals surface area contributed by atoms with Crippen LogP contribution in [-0.2, 0) is 6.54 Å². The van der Waals surface area contributed by atoms with Gasteiger partial charge in [-0.05, 0) is 48.9 Å². The maximum Gasteiger partial charge on any atom is 0.218 e. The van der Waals surface area contributed by atoms with Crippen LogP contribution in [-0.4, -0.2) is 9.92 Å². The number of aliphatic imine (C=N–C) groups is 1. The Labute approximate surface area is 170 Å². The van der Waals surface area contributed by atoms with Gasteiger partial charge in [0.2, 0.25) is 5.96 Å². The summed E-state index contributed by atoms with van der Waals surface area (Å²) in [5, 5.41) is 13.0. The van der Waals surface area contributed by atoms with Crippen molar-refractivity contribution in [3.8, 4) is 0 Å². The van der Waals surface area contributed by atoms with Crippen molar-refractivity contribution in [3.05, 3.63) is 79.5 Å². The Kier molecular flexibility index (Phi) is 6.04. The summed E-state index contributed by atoms with van der Waals surface area (Å²) in [7, 11) is 0. The van der Waals surface area contributed by atoms with E-state index in [0.29, 0.717) is 33.1 Å². The molecule has 2 aromatic carbocycles. The van der Waals surface area contributed by atoms with Crippen LogP contribution in [0.15, 0.2) is 53.5 Å². The van der Waals surface area contributed by atoms with Gasteiger partial charge in [-0.1, -0.05) is 58.5 Å². The van der Waals surface area contributed by atoms with E-state index >= 15 is 0 Å². The second-order valence-electron chi connectivity index (χ2n) is 5.55. The normalized spacial score (nSPS) is 11.6. The Morgan fingerprint density at radius 2 is 1.81 bits per heavy atom. The molecule has 0 atom stereocenters. The van der Waals surface area contributed by atoms with E-state index in [9.17, 15) is 0 Å². The highest BCUT2D eigenvalue weighted by Gasteiger charge is 2.09. The van der Waals surface area contributed by atoms with Crippen LogP contribution in [0.1, 0.15) is 10.4 Å². The number of benzene rings is 2. The number of rotatable bonds is 3. The van der Waals surface area contributed by atoms with Gasteiger partial charge < -0.3 is 5.32 Å². The Balaban J connectivity index is 1.94. The average Bonchev–Trinajstić information content (AvgIpc) is 2.94. The second-order valence-corrected chi connectivity index (χ2v) is 7.99. The average molecular weight is 426 g/mol. The molecule has 8 heteroatoms. The van der Waals surface area contributed by atoms with E-state index in [1.807, 2.05) is 37.3 Å². The molecule has 1 aromatic heterocycles. The number of hydrogen-bond donors (Lipinski definition) is 2. The summed E-state index contributed by atoms with van der Waals surface area (Å²) in [5.74, 6) is 0.543. The lowest BCUT2D eigenvalue weighted by molar-refractivity contribution is 1.01. The topological polar surface area (TPSA) is 53.2 Å². The minimum atomic E-state index is 0.356. The lowest BCUT2D eigenvalue weighted by atomic mass is 10.2. The van der Waals surface area contributed by atoms with E-state index in [-0.39, 0.29) is 0 Å². The van der Waals surface area contributed by atoms with Gasteiger partial charge in [0.05, 0.1) is 16.6 Å². The third-order valence-corrected chi connectivity index (χ3v) is 5.44. The Bertz CT molecular complexity index is 1010. The first-order valence-electron chi connectivity index (χ1n) is 7.68. The van der Waals surface area contributed by atoms with Crippen molar-refractivity contribution in [1.29, 1.82) is 5.41 Å². The van der Waals surface area contributed by atoms with Crippen LogP contribution in [0.3, 0.4) is 0 Å². The maximum atomic E-state index is 8.16.